The van der Waals surface area contributed by atoms with E-state index in [0.717, 1.165) is 19.3 Å². The van der Waals surface area contributed by atoms with Gasteiger partial charge < -0.3 is 15.8 Å². The molecule has 1 saturated carbocycles. The fourth-order valence-electron chi connectivity index (χ4n) is 2.11. The van der Waals surface area contributed by atoms with Crippen molar-refractivity contribution >= 4 is 6.09 Å². The molecule has 4 nitrogen and oxygen atoms in total. The first-order chi connectivity index (χ1) is 7.40. The number of hydrogen-bond acceptors (Lipinski definition) is 3. The Kier molecular flexibility index (Phi) is 4.59. The molecule has 0 spiro atoms. The van der Waals surface area contributed by atoms with Crippen LogP contribution in [0.3, 0.4) is 0 Å². The van der Waals surface area contributed by atoms with Gasteiger partial charge in [-0.15, -0.1) is 0 Å². The summed E-state index contributed by atoms with van der Waals surface area (Å²) in [5.74, 6) is 0.550. The van der Waals surface area contributed by atoms with Gasteiger partial charge in [-0.1, -0.05) is 6.42 Å². The molecule has 0 aromatic heterocycles. The van der Waals surface area contributed by atoms with Gasteiger partial charge in [0.25, 0.3) is 0 Å². The van der Waals surface area contributed by atoms with E-state index < -0.39 is 5.60 Å². The lowest BCUT2D eigenvalue weighted by molar-refractivity contribution is 0.0485. The van der Waals surface area contributed by atoms with E-state index in [-0.39, 0.29) is 12.1 Å². The number of ether oxygens (including phenoxy) is 1. The Labute approximate surface area is 97.9 Å². The molecule has 1 rings (SSSR count). The summed E-state index contributed by atoms with van der Waals surface area (Å²) in [6.45, 7) is 6.33. The Morgan fingerprint density at radius 1 is 1.44 bits per heavy atom. The van der Waals surface area contributed by atoms with Crippen molar-refractivity contribution in [2.24, 2.45) is 11.7 Å². The topological polar surface area (TPSA) is 64.3 Å². The number of alkyl carbamates (subject to hydrolysis) is 1. The van der Waals surface area contributed by atoms with Crippen molar-refractivity contribution in [1.29, 1.82) is 0 Å². The molecule has 1 aliphatic carbocycles. The third-order valence-corrected chi connectivity index (χ3v) is 2.84. The third kappa shape index (κ3) is 4.84. The molecule has 0 aromatic rings. The van der Waals surface area contributed by atoms with Crippen LogP contribution in [0, 0.1) is 5.92 Å². The average molecular weight is 228 g/mol. The Morgan fingerprint density at radius 3 is 2.69 bits per heavy atom. The lowest BCUT2D eigenvalue weighted by Gasteiger charge is -2.30. The number of nitrogens with one attached hydrogen (secondary N) is 1. The summed E-state index contributed by atoms with van der Waals surface area (Å²) in [4.78, 5) is 11.6. The van der Waals surface area contributed by atoms with Crippen molar-refractivity contribution in [2.45, 2.75) is 58.1 Å². The van der Waals surface area contributed by atoms with Crippen molar-refractivity contribution in [3.05, 3.63) is 0 Å². The molecule has 0 aromatic carbocycles. The highest BCUT2D eigenvalue weighted by molar-refractivity contribution is 5.68. The average Bonchev–Trinajstić information content (AvgIpc) is 2.15. The van der Waals surface area contributed by atoms with Crippen LogP contribution in [0.1, 0.15) is 46.5 Å². The molecule has 4 heteroatoms. The van der Waals surface area contributed by atoms with E-state index in [1.54, 1.807) is 0 Å². The normalized spacial score (nSPS) is 26.2. The Hall–Kier alpha value is -0.770. The second-order valence-electron chi connectivity index (χ2n) is 5.61. The first-order valence-corrected chi connectivity index (χ1v) is 6.10. The molecule has 0 bridgehead atoms. The molecule has 16 heavy (non-hydrogen) atoms. The minimum absolute atomic E-state index is 0.233. The smallest absolute Gasteiger partial charge is 0.407 e. The fraction of sp³-hybridized carbons (Fsp3) is 0.917. The van der Waals surface area contributed by atoms with Crippen LogP contribution < -0.4 is 11.1 Å². The minimum atomic E-state index is -0.425. The molecule has 0 heterocycles. The maximum atomic E-state index is 11.6. The first kappa shape index (κ1) is 13.3. The summed E-state index contributed by atoms with van der Waals surface area (Å²) in [7, 11) is 0. The van der Waals surface area contributed by atoms with Gasteiger partial charge in [-0.05, 0) is 52.5 Å². The van der Waals surface area contributed by atoms with E-state index >= 15 is 0 Å². The van der Waals surface area contributed by atoms with E-state index in [1.807, 2.05) is 20.8 Å². The minimum Gasteiger partial charge on any atom is -0.444 e. The number of hydrogen-bond donors (Lipinski definition) is 2. The lowest BCUT2D eigenvalue weighted by Crippen LogP contribution is -2.42. The molecule has 2 atom stereocenters. The number of carbonyl (C=O) groups is 1. The summed E-state index contributed by atoms with van der Waals surface area (Å²) in [5, 5.41) is 2.92. The highest BCUT2D eigenvalue weighted by Crippen LogP contribution is 2.23. The largest absolute Gasteiger partial charge is 0.444 e. The van der Waals surface area contributed by atoms with E-state index in [2.05, 4.69) is 5.32 Å². The van der Waals surface area contributed by atoms with Gasteiger partial charge in [0.1, 0.15) is 5.60 Å². The van der Waals surface area contributed by atoms with Gasteiger partial charge in [0.15, 0.2) is 0 Å². The molecule has 3 N–H and O–H groups in total. The van der Waals surface area contributed by atoms with Crippen LogP contribution in [0.15, 0.2) is 0 Å². The summed E-state index contributed by atoms with van der Waals surface area (Å²) in [6, 6.07) is 0.233. The summed E-state index contributed by atoms with van der Waals surface area (Å²) >= 11 is 0. The fourth-order valence-corrected chi connectivity index (χ4v) is 2.11. The first-order valence-electron chi connectivity index (χ1n) is 6.10. The van der Waals surface area contributed by atoms with Crippen molar-refractivity contribution in [3.63, 3.8) is 0 Å². The molecule has 94 valence electrons. The van der Waals surface area contributed by atoms with Gasteiger partial charge in [-0.3, -0.25) is 0 Å². The quantitative estimate of drug-likeness (QED) is 0.760. The summed E-state index contributed by atoms with van der Waals surface area (Å²) < 4.78 is 5.23. The van der Waals surface area contributed by atoms with E-state index in [1.165, 1.54) is 6.42 Å². The predicted molar refractivity (Wildman–Crippen MR) is 64.2 cm³/mol. The maximum absolute atomic E-state index is 11.6. The van der Waals surface area contributed by atoms with Crippen LogP contribution in [-0.2, 0) is 4.74 Å². The van der Waals surface area contributed by atoms with Crippen LogP contribution in [0.2, 0.25) is 0 Å². The molecule has 0 radical (unpaired) electrons. The number of amides is 1. The zero-order valence-corrected chi connectivity index (χ0v) is 10.6. The summed E-state index contributed by atoms with van der Waals surface area (Å²) in [5.41, 5.74) is 5.23. The highest BCUT2D eigenvalue weighted by atomic mass is 16.6. The van der Waals surface area contributed by atoms with Gasteiger partial charge in [-0.2, -0.15) is 0 Å². The Morgan fingerprint density at radius 2 is 2.12 bits per heavy atom. The van der Waals surface area contributed by atoms with Crippen LogP contribution in [0.25, 0.3) is 0 Å². The Bertz CT molecular complexity index is 236. The molecule has 1 aliphatic rings. The van der Waals surface area contributed by atoms with E-state index in [0.29, 0.717) is 12.5 Å². The van der Waals surface area contributed by atoms with Gasteiger partial charge in [0.05, 0.1) is 0 Å². The van der Waals surface area contributed by atoms with Crippen molar-refractivity contribution in [2.75, 3.05) is 6.54 Å². The van der Waals surface area contributed by atoms with Crippen molar-refractivity contribution in [1.82, 2.24) is 5.32 Å². The lowest BCUT2D eigenvalue weighted by atomic mass is 9.86. The monoisotopic (exact) mass is 228 g/mol. The standard InChI is InChI=1S/C12H24N2O2/c1-12(2,3)16-11(15)14-10-6-4-5-9(7-10)8-13/h9-10H,4-8,13H2,1-3H3,(H,14,15)/t9-,10+/m1/s1. The SMILES string of the molecule is CC(C)(C)OC(=O)N[C@H]1CCC[C@@H](CN)C1. The van der Waals surface area contributed by atoms with Gasteiger partial charge >= 0.3 is 6.09 Å². The van der Waals surface area contributed by atoms with Gasteiger partial charge in [0.2, 0.25) is 0 Å². The van der Waals surface area contributed by atoms with Crippen LogP contribution in [0.5, 0.6) is 0 Å². The van der Waals surface area contributed by atoms with Crippen molar-refractivity contribution < 1.29 is 9.53 Å². The molecule has 1 amide bonds. The second-order valence-corrected chi connectivity index (χ2v) is 5.61. The zero-order chi connectivity index (χ0) is 12.2. The zero-order valence-electron chi connectivity index (χ0n) is 10.6. The molecule has 0 saturated heterocycles. The molecular weight excluding hydrogens is 204 g/mol. The molecular formula is C12H24N2O2. The van der Waals surface area contributed by atoms with Crippen molar-refractivity contribution in [3.8, 4) is 0 Å². The molecule has 0 aliphatic heterocycles. The Balaban J connectivity index is 2.33. The van der Waals surface area contributed by atoms with Crippen LogP contribution >= 0.6 is 0 Å². The number of rotatable bonds is 2. The number of carbonyl (C=O) groups excluding carboxylic acids is 1. The number of nitrogens with two attached hydrogens (primary N) is 1. The predicted octanol–water partition coefficient (Wildman–Crippen LogP) is 2.03. The molecule has 0 unspecified atom stereocenters. The van der Waals surface area contributed by atoms with Crippen LogP contribution in [-0.4, -0.2) is 24.3 Å². The van der Waals surface area contributed by atoms with E-state index in [9.17, 15) is 4.79 Å². The maximum Gasteiger partial charge on any atom is 0.407 e. The second kappa shape index (κ2) is 5.53. The highest BCUT2D eigenvalue weighted by Gasteiger charge is 2.24. The molecule has 1 fully saturated rings. The van der Waals surface area contributed by atoms with Gasteiger partial charge in [-0.25, -0.2) is 4.79 Å². The van der Waals surface area contributed by atoms with Gasteiger partial charge in [0, 0.05) is 6.04 Å². The summed E-state index contributed by atoms with van der Waals surface area (Å²) in [6.07, 6.45) is 4.03. The van der Waals surface area contributed by atoms with E-state index in [4.69, 9.17) is 10.5 Å². The van der Waals surface area contributed by atoms with Crippen LogP contribution in [0.4, 0.5) is 4.79 Å². The third-order valence-electron chi connectivity index (χ3n) is 2.84.